The fourth-order valence-electron chi connectivity index (χ4n) is 2.09. The zero-order chi connectivity index (χ0) is 21.1. The van der Waals surface area contributed by atoms with Crippen LogP contribution in [0, 0.1) is 0 Å². The molecule has 0 saturated heterocycles. The van der Waals surface area contributed by atoms with Crippen LogP contribution in [0.2, 0.25) is 0 Å². The molecule has 0 radical (unpaired) electrons. The van der Waals surface area contributed by atoms with E-state index < -0.39 is 36.4 Å². The summed E-state index contributed by atoms with van der Waals surface area (Å²) in [5.41, 5.74) is 1.44. The predicted octanol–water partition coefficient (Wildman–Crippen LogP) is 2.30. The van der Waals surface area contributed by atoms with E-state index in [9.17, 15) is 24.3 Å². The van der Waals surface area contributed by atoms with Crippen molar-refractivity contribution in [3.05, 3.63) is 83.9 Å². The summed E-state index contributed by atoms with van der Waals surface area (Å²) in [6, 6.07) is 17.6. The third-order valence-corrected chi connectivity index (χ3v) is 3.47. The first-order valence-electron chi connectivity index (χ1n) is 8.58. The van der Waals surface area contributed by atoms with Gasteiger partial charge in [-0.3, -0.25) is 4.79 Å². The van der Waals surface area contributed by atoms with Gasteiger partial charge in [0.25, 0.3) is 0 Å². The summed E-state index contributed by atoms with van der Waals surface area (Å²) < 4.78 is 8.90. The summed E-state index contributed by atoms with van der Waals surface area (Å²) in [4.78, 5) is 46.5. The van der Waals surface area contributed by atoms with Gasteiger partial charge in [-0.1, -0.05) is 60.7 Å². The number of aliphatic hydroxyl groups is 1. The van der Waals surface area contributed by atoms with Gasteiger partial charge in [-0.25, -0.2) is 14.4 Å². The van der Waals surface area contributed by atoms with Crippen molar-refractivity contribution in [1.29, 1.82) is 0 Å². The van der Waals surface area contributed by atoms with Crippen molar-refractivity contribution in [1.82, 2.24) is 0 Å². The molecular formula is C22H18O7. The maximum Gasteiger partial charge on any atom is 0.343 e. The van der Waals surface area contributed by atoms with E-state index in [0.717, 1.165) is 17.7 Å². The highest BCUT2D eigenvalue weighted by Crippen LogP contribution is 2.04. The molecule has 2 aromatic carbocycles. The van der Waals surface area contributed by atoms with Crippen molar-refractivity contribution < 1.29 is 33.8 Å². The molecule has 1 N–H and O–H groups in total. The smallest absolute Gasteiger partial charge is 0.343 e. The van der Waals surface area contributed by atoms with Crippen molar-refractivity contribution in [3.63, 3.8) is 0 Å². The van der Waals surface area contributed by atoms with Crippen LogP contribution in [-0.4, -0.2) is 35.1 Å². The number of rotatable bonds is 7. The molecule has 0 fully saturated rings. The van der Waals surface area contributed by atoms with Crippen LogP contribution in [0.25, 0.3) is 12.2 Å². The van der Waals surface area contributed by atoms with Gasteiger partial charge in [0, 0.05) is 12.2 Å². The van der Waals surface area contributed by atoms with Crippen LogP contribution >= 0.6 is 0 Å². The summed E-state index contributed by atoms with van der Waals surface area (Å²) in [7, 11) is 0. The van der Waals surface area contributed by atoms with Gasteiger partial charge in [0.2, 0.25) is 0 Å². The van der Waals surface area contributed by atoms with Gasteiger partial charge in [0.1, 0.15) is 0 Å². The zero-order valence-electron chi connectivity index (χ0n) is 15.3. The molecule has 0 aliphatic rings. The molecule has 2 rings (SSSR count). The van der Waals surface area contributed by atoms with E-state index >= 15 is 0 Å². The lowest BCUT2D eigenvalue weighted by molar-refractivity contribution is -0.168. The molecule has 1 unspecified atom stereocenters. The normalized spacial score (nSPS) is 11.9. The van der Waals surface area contributed by atoms with Crippen LogP contribution in [0.15, 0.2) is 72.8 Å². The van der Waals surface area contributed by atoms with Gasteiger partial charge in [-0.05, 0) is 23.3 Å². The SMILES string of the molecule is O=C(/C=C/c1ccccc1)OC(=O)CC(O)C(=O)OC(=O)/C=C/c1ccccc1. The van der Waals surface area contributed by atoms with E-state index in [0.29, 0.717) is 5.56 Å². The van der Waals surface area contributed by atoms with Crippen molar-refractivity contribution >= 4 is 36.0 Å². The number of ether oxygens (including phenoxy) is 2. The largest absolute Gasteiger partial charge is 0.390 e. The Kier molecular flexibility index (Phi) is 8.22. The Balaban J connectivity index is 1.77. The van der Waals surface area contributed by atoms with Crippen LogP contribution in [0.1, 0.15) is 17.5 Å². The molecule has 7 nitrogen and oxygen atoms in total. The Labute approximate surface area is 166 Å². The number of aliphatic hydroxyl groups excluding tert-OH is 1. The molecule has 148 valence electrons. The number of hydrogen-bond acceptors (Lipinski definition) is 7. The van der Waals surface area contributed by atoms with Crippen LogP contribution < -0.4 is 0 Å². The van der Waals surface area contributed by atoms with Crippen LogP contribution in [0.5, 0.6) is 0 Å². The maximum absolute atomic E-state index is 11.7. The number of hydrogen-bond donors (Lipinski definition) is 1. The first kappa shape index (κ1) is 21.5. The highest BCUT2D eigenvalue weighted by Gasteiger charge is 2.24. The predicted molar refractivity (Wildman–Crippen MR) is 104 cm³/mol. The Hall–Kier alpha value is -3.84. The molecule has 29 heavy (non-hydrogen) atoms. The maximum atomic E-state index is 11.7. The molecule has 1 atom stereocenters. The molecular weight excluding hydrogens is 376 g/mol. The number of esters is 4. The molecule has 0 aromatic heterocycles. The molecule has 0 heterocycles. The first-order valence-corrected chi connectivity index (χ1v) is 8.58. The molecule has 0 amide bonds. The Bertz CT molecular complexity index is 915. The van der Waals surface area contributed by atoms with E-state index in [4.69, 9.17) is 0 Å². The average Bonchev–Trinajstić information content (AvgIpc) is 2.72. The standard InChI is InChI=1S/C22H18O7/c23-18(22(27)29-20(25)14-12-17-9-5-2-6-10-17)15-21(26)28-19(24)13-11-16-7-3-1-4-8-16/h1-14,18,23H,15H2/b13-11+,14-12+. The minimum atomic E-state index is -1.94. The quantitative estimate of drug-likeness (QED) is 0.436. The minimum Gasteiger partial charge on any atom is -0.390 e. The monoisotopic (exact) mass is 394 g/mol. The lowest BCUT2D eigenvalue weighted by Gasteiger charge is -2.07. The lowest BCUT2D eigenvalue weighted by atomic mass is 10.2. The van der Waals surface area contributed by atoms with E-state index in [1.54, 1.807) is 54.6 Å². The van der Waals surface area contributed by atoms with E-state index in [-0.39, 0.29) is 0 Å². The summed E-state index contributed by atoms with van der Waals surface area (Å²) >= 11 is 0. The third kappa shape index (κ3) is 8.15. The second kappa shape index (κ2) is 11.1. The van der Waals surface area contributed by atoms with Gasteiger partial charge in [0.05, 0.1) is 6.42 Å². The van der Waals surface area contributed by atoms with Gasteiger partial charge in [-0.15, -0.1) is 0 Å². The highest BCUT2D eigenvalue weighted by atomic mass is 16.6. The number of carbonyl (C=O) groups is 4. The second-order valence-electron chi connectivity index (χ2n) is 5.74. The minimum absolute atomic E-state index is 0.711. The first-order chi connectivity index (χ1) is 13.9. The van der Waals surface area contributed by atoms with Gasteiger partial charge in [-0.2, -0.15) is 0 Å². The summed E-state index contributed by atoms with van der Waals surface area (Å²) in [5, 5.41) is 9.66. The Morgan fingerprint density at radius 1 is 0.759 bits per heavy atom. The Morgan fingerprint density at radius 3 is 1.69 bits per heavy atom. The Morgan fingerprint density at radius 2 is 1.21 bits per heavy atom. The van der Waals surface area contributed by atoms with E-state index in [1.807, 2.05) is 6.07 Å². The topological polar surface area (TPSA) is 107 Å². The fraction of sp³-hybridized carbons (Fsp3) is 0.0909. The average molecular weight is 394 g/mol. The lowest BCUT2D eigenvalue weighted by Crippen LogP contribution is -2.29. The van der Waals surface area contributed by atoms with Gasteiger partial charge < -0.3 is 14.6 Å². The summed E-state index contributed by atoms with van der Waals surface area (Å²) in [5.74, 6) is -4.42. The van der Waals surface area contributed by atoms with Crippen molar-refractivity contribution in [2.45, 2.75) is 12.5 Å². The second-order valence-corrected chi connectivity index (χ2v) is 5.74. The van der Waals surface area contributed by atoms with Gasteiger partial charge >= 0.3 is 23.9 Å². The molecule has 0 aliphatic carbocycles. The zero-order valence-corrected chi connectivity index (χ0v) is 15.3. The van der Waals surface area contributed by atoms with Crippen molar-refractivity contribution in [3.8, 4) is 0 Å². The van der Waals surface area contributed by atoms with E-state index in [1.165, 1.54) is 12.2 Å². The van der Waals surface area contributed by atoms with E-state index in [2.05, 4.69) is 9.47 Å². The van der Waals surface area contributed by atoms with Crippen molar-refractivity contribution in [2.75, 3.05) is 0 Å². The van der Waals surface area contributed by atoms with Crippen LogP contribution in [0.4, 0.5) is 0 Å². The summed E-state index contributed by atoms with van der Waals surface area (Å²) in [6.07, 6.45) is 2.14. The number of carbonyl (C=O) groups excluding carboxylic acids is 4. The molecule has 0 bridgehead atoms. The van der Waals surface area contributed by atoms with Crippen LogP contribution in [-0.2, 0) is 28.7 Å². The molecule has 0 spiro atoms. The van der Waals surface area contributed by atoms with Crippen LogP contribution in [0.3, 0.4) is 0 Å². The molecule has 2 aromatic rings. The van der Waals surface area contributed by atoms with Crippen molar-refractivity contribution in [2.24, 2.45) is 0 Å². The third-order valence-electron chi connectivity index (χ3n) is 3.47. The molecule has 0 aliphatic heterocycles. The molecule has 0 saturated carbocycles. The molecule has 7 heteroatoms. The van der Waals surface area contributed by atoms with Gasteiger partial charge in [0.15, 0.2) is 6.10 Å². The summed E-state index contributed by atoms with van der Waals surface area (Å²) in [6.45, 7) is 0. The highest BCUT2D eigenvalue weighted by molar-refractivity contribution is 5.98. The number of benzene rings is 2. The fourth-order valence-corrected chi connectivity index (χ4v) is 2.09.